The predicted molar refractivity (Wildman–Crippen MR) is 83.8 cm³/mol. The number of rotatable bonds is 10. The van der Waals surface area contributed by atoms with Crippen LogP contribution in [0.2, 0.25) is 0 Å². The van der Waals surface area contributed by atoms with Crippen molar-refractivity contribution >= 4 is 11.9 Å². The zero-order valence-corrected chi connectivity index (χ0v) is 14.5. The number of hydrogen-bond acceptors (Lipinski definition) is 4. The molecule has 0 aliphatic rings. The van der Waals surface area contributed by atoms with E-state index in [-0.39, 0.29) is 42.4 Å². The Morgan fingerprint density at radius 2 is 1.19 bits per heavy atom. The van der Waals surface area contributed by atoms with Crippen LogP contribution < -0.4 is 0 Å². The van der Waals surface area contributed by atoms with Crippen LogP contribution in [0.15, 0.2) is 0 Å². The highest BCUT2D eigenvalue weighted by atomic mass is 16.5. The van der Waals surface area contributed by atoms with Crippen LogP contribution in [-0.4, -0.2) is 25.2 Å². The van der Waals surface area contributed by atoms with E-state index >= 15 is 0 Å². The maximum Gasteiger partial charge on any atom is 0.308 e. The highest BCUT2D eigenvalue weighted by Gasteiger charge is 2.25. The molecule has 21 heavy (non-hydrogen) atoms. The van der Waals surface area contributed by atoms with Crippen molar-refractivity contribution in [3.8, 4) is 0 Å². The summed E-state index contributed by atoms with van der Waals surface area (Å²) in [6, 6.07) is 0. The predicted octanol–water partition coefficient (Wildman–Crippen LogP) is 3.97. The van der Waals surface area contributed by atoms with Gasteiger partial charge in [0.1, 0.15) is 0 Å². The molecule has 0 radical (unpaired) electrons. The molecule has 0 heterocycles. The molecule has 0 saturated heterocycles. The Morgan fingerprint density at radius 1 is 0.857 bits per heavy atom. The largest absolute Gasteiger partial charge is 0.465 e. The molecular formula is C17H32O4. The van der Waals surface area contributed by atoms with E-state index in [4.69, 9.17) is 9.47 Å². The lowest BCUT2D eigenvalue weighted by Gasteiger charge is -2.25. The molecule has 0 aliphatic carbocycles. The van der Waals surface area contributed by atoms with Gasteiger partial charge in [-0.05, 0) is 12.8 Å². The van der Waals surface area contributed by atoms with Gasteiger partial charge < -0.3 is 9.47 Å². The number of esters is 2. The second-order valence-corrected chi connectivity index (χ2v) is 6.76. The first-order valence-corrected chi connectivity index (χ1v) is 8.06. The fourth-order valence-electron chi connectivity index (χ4n) is 1.96. The Balaban J connectivity index is 4.14. The Morgan fingerprint density at radius 3 is 1.48 bits per heavy atom. The Hall–Kier alpha value is -1.06. The molecule has 0 aromatic carbocycles. The van der Waals surface area contributed by atoms with Crippen LogP contribution in [-0.2, 0) is 19.1 Å². The van der Waals surface area contributed by atoms with Gasteiger partial charge in [0, 0.05) is 5.41 Å². The monoisotopic (exact) mass is 300 g/mol. The van der Waals surface area contributed by atoms with Gasteiger partial charge in [0.25, 0.3) is 0 Å². The first kappa shape index (κ1) is 19.9. The number of ether oxygens (including phenoxy) is 2. The summed E-state index contributed by atoms with van der Waals surface area (Å²) in [7, 11) is 0. The van der Waals surface area contributed by atoms with Crippen molar-refractivity contribution in [3.05, 3.63) is 0 Å². The molecule has 0 aliphatic heterocycles. The number of hydrogen-bond donors (Lipinski definition) is 0. The molecule has 0 spiro atoms. The maximum atomic E-state index is 11.8. The topological polar surface area (TPSA) is 52.6 Å². The van der Waals surface area contributed by atoms with E-state index in [2.05, 4.69) is 0 Å². The smallest absolute Gasteiger partial charge is 0.308 e. The second kappa shape index (κ2) is 9.80. The minimum atomic E-state index is -0.358. The lowest BCUT2D eigenvalue weighted by molar-refractivity contribution is -0.157. The van der Waals surface area contributed by atoms with Gasteiger partial charge in [0.15, 0.2) is 0 Å². The molecule has 4 nitrogen and oxygen atoms in total. The van der Waals surface area contributed by atoms with Crippen molar-refractivity contribution in [1.82, 2.24) is 0 Å². The molecule has 2 unspecified atom stereocenters. The SMILES string of the molecule is CCCC(C)C(=O)OCC(C)(C)COC(=O)C(C)CCC. The fourth-order valence-corrected chi connectivity index (χ4v) is 1.96. The lowest BCUT2D eigenvalue weighted by Crippen LogP contribution is -2.31. The average molecular weight is 300 g/mol. The van der Waals surface area contributed by atoms with E-state index in [0.717, 1.165) is 25.7 Å². The molecule has 124 valence electrons. The molecular weight excluding hydrogens is 268 g/mol. The maximum absolute atomic E-state index is 11.8. The zero-order valence-electron chi connectivity index (χ0n) is 14.5. The fraction of sp³-hybridized carbons (Fsp3) is 0.882. The summed E-state index contributed by atoms with van der Waals surface area (Å²) in [6.07, 6.45) is 3.60. The summed E-state index contributed by atoms with van der Waals surface area (Å²) >= 11 is 0. The van der Waals surface area contributed by atoms with Gasteiger partial charge in [-0.1, -0.05) is 54.4 Å². The van der Waals surface area contributed by atoms with Crippen LogP contribution in [0.4, 0.5) is 0 Å². The molecule has 4 heteroatoms. The minimum absolute atomic E-state index is 0.0714. The van der Waals surface area contributed by atoms with Crippen LogP contribution in [0, 0.1) is 17.3 Å². The van der Waals surface area contributed by atoms with E-state index in [9.17, 15) is 9.59 Å². The van der Waals surface area contributed by atoms with Crippen LogP contribution in [0.1, 0.15) is 67.2 Å². The third-order valence-electron chi connectivity index (χ3n) is 3.46. The summed E-state index contributed by atoms with van der Waals surface area (Å²) in [4.78, 5) is 23.6. The quantitative estimate of drug-likeness (QED) is 0.573. The molecule has 0 amide bonds. The second-order valence-electron chi connectivity index (χ2n) is 6.76. The van der Waals surface area contributed by atoms with Gasteiger partial charge in [-0.15, -0.1) is 0 Å². The standard InChI is InChI=1S/C17H32O4/c1-7-9-13(3)15(18)20-11-17(5,6)12-21-16(19)14(4)10-8-2/h13-14H,7-12H2,1-6H3. The van der Waals surface area contributed by atoms with Crippen molar-refractivity contribution in [2.24, 2.45) is 17.3 Å². The van der Waals surface area contributed by atoms with E-state index in [0.29, 0.717) is 0 Å². The summed E-state index contributed by atoms with van der Waals surface area (Å²) in [5.74, 6) is -0.484. The summed E-state index contributed by atoms with van der Waals surface area (Å²) < 4.78 is 10.7. The van der Waals surface area contributed by atoms with E-state index < -0.39 is 0 Å². The van der Waals surface area contributed by atoms with E-state index in [1.807, 2.05) is 41.5 Å². The Kier molecular flexibility index (Phi) is 9.31. The molecule has 0 rings (SSSR count). The molecule has 0 bridgehead atoms. The molecule has 0 aromatic rings. The van der Waals surface area contributed by atoms with Gasteiger partial charge >= 0.3 is 11.9 Å². The molecule has 0 aromatic heterocycles. The summed E-state index contributed by atoms with van der Waals surface area (Å²) in [5.41, 5.74) is -0.358. The van der Waals surface area contributed by atoms with Crippen LogP contribution in [0.3, 0.4) is 0 Å². The average Bonchev–Trinajstić information content (AvgIpc) is 2.42. The van der Waals surface area contributed by atoms with Crippen molar-refractivity contribution < 1.29 is 19.1 Å². The van der Waals surface area contributed by atoms with E-state index in [1.54, 1.807) is 0 Å². The highest BCUT2D eigenvalue weighted by molar-refractivity contribution is 5.72. The normalized spacial score (nSPS) is 14.4. The van der Waals surface area contributed by atoms with Gasteiger partial charge in [0.2, 0.25) is 0 Å². The van der Waals surface area contributed by atoms with Crippen LogP contribution in [0.5, 0.6) is 0 Å². The first-order chi connectivity index (χ1) is 9.73. The van der Waals surface area contributed by atoms with Gasteiger partial charge in [-0.3, -0.25) is 9.59 Å². The third kappa shape index (κ3) is 8.74. The molecule has 0 N–H and O–H groups in total. The third-order valence-corrected chi connectivity index (χ3v) is 3.46. The molecule has 0 fully saturated rings. The highest BCUT2D eigenvalue weighted by Crippen LogP contribution is 2.19. The van der Waals surface area contributed by atoms with E-state index in [1.165, 1.54) is 0 Å². The van der Waals surface area contributed by atoms with Crippen LogP contribution in [0.25, 0.3) is 0 Å². The van der Waals surface area contributed by atoms with Crippen LogP contribution >= 0.6 is 0 Å². The summed E-state index contributed by atoms with van der Waals surface area (Å²) in [5, 5.41) is 0. The molecule has 0 saturated carbocycles. The van der Waals surface area contributed by atoms with Crippen molar-refractivity contribution in [1.29, 1.82) is 0 Å². The van der Waals surface area contributed by atoms with Gasteiger partial charge in [-0.2, -0.15) is 0 Å². The number of carbonyl (C=O) groups is 2. The Labute approximate surface area is 129 Å². The number of carbonyl (C=O) groups excluding carboxylic acids is 2. The van der Waals surface area contributed by atoms with Crippen molar-refractivity contribution in [2.75, 3.05) is 13.2 Å². The minimum Gasteiger partial charge on any atom is -0.465 e. The van der Waals surface area contributed by atoms with Crippen molar-refractivity contribution in [2.45, 2.75) is 67.2 Å². The first-order valence-electron chi connectivity index (χ1n) is 8.06. The molecule has 2 atom stereocenters. The summed E-state index contributed by atoms with van der Waals surface area (Å²) in [6.45, 7) is 12.3. The Bertz CT molecular complexity index is 293. The van der Waals surface area contributed by atoms with Gasteiger partial charge in [0.05, 0.1) is 25.0 Å². The van der Waals surface area contributed by atoms with Gasteiger partial charge in [-0.25, -0.2) is 0 Å². The zero-order chi connectivity index (χ0) is 16.5. The lowest BCUT2D eigenvalue weighted by atomic mass is 9.96. The van der Waals surface area contributed by atoms with Crippen molar-refractivity contribution in [3.63, 3.8) is 0 Å².